The minimum absolute atomic E-state index is 0.0965. The summed E-state index contributed by atoms with van der Waals surface area (Å²) in [5, 5.41) is 8.39. The van der Waals surface area contributed by atoms with Crippen molar-refractivity contribution in [1.82, 2.24) is 25.1 Å². The van der Waals surface area contributed by atoms with Crippen LogP contribution in [-0.4, -0.2) is 38.0 Å². The summed E-state index contributed by atoms with van der Waals surface area (Å²) in [6.45, 7) is 2.62. The Hall–Kier alpha value is -2.32. The molecule has 25 heavy (non-hydrogen) atoms. The molecule has 0 unspecified atom stereocenters. The quantitative estimate of drug-likeness (QED) is 0.508. The second-order valence-electron chi connectivity index (χ2n) is 5.28. The minimum Gasteiger partial charge on any atom is -0.355 e. The molecule has 2 N–H and O–H groups in total. The number of amides is 1. The number of carbonyl (C=O) groups excluding carboxylic acids is 1. The Balaban J connectivity index is 1.89. The van der Waals surface area contributed by atoms with Crippen LogP contribution in [0.1, 0.15) is 13.3 Å². The number of nitrogens with zero attached hydrogens (tertiary/aromatic N) is 3. The number of rotatable bonds is 6. The number of hydrogen-bond acceptors (Lipinski definition) is 5. The van der Waals surface area contributed by atoms with Gasteiger partial charge >= 0.3 is 0 Å². The molecule has 0 aliphatic rings. The van der Waals surface area contributed by atoms with Gasteiger partial charge in [0.15, 0.2) is 10.8 Å². The molecule has 130 valence electrons. The molecule has 0 saturated carbocycles. The third-order valence-corrected chi connectivity index (χ3v) is 4.53. The number of thioether (sulfide) groups is 1. The average Bonchev–Trinajstić information content (AvgIpc) is 3.03. The second kappa shape index (κ2) is 7.71. The molecule has 0 aliphatic carbocycles. The maximum Gasteiger partial charge on any atom is 0.262 e. The average molecular weight is 378 g/mol. The molecule has 0 fully saturated rings. The molecule has 9 heteroatoms. The van der Waals surface area contributed by atoms with Crippen molar-refractivity contribution < 1.29 is 4.79 Å². The van der Waals surface area contributed by atoms with Gasteiger partial charge in [-0.2, -0.15) is 5.10 Å². The molecule has 0 radical (unpaired) electrons. The van der Waals surface area contributed by atoms with Crippen molar-refractivity contribution in [2.24, 2.45) is 0 Å². The summed E-state index contributed by atoms with van der Waals surface area (Å²) >= 11 is 7.08. The van der Waals surface area contributed by atoms with E-state index in [9.17, 15) is 9.59 Å². The number of aromatic nitrogens is 4. The highest BCUT2D eigenvalue weighted by atomic mass is 35.5. The highest BCUT2D eigenvalue weighted by molar-refractivity contribution is 7.99. The molecular weight excluding hydrogens is 362 g/mol. The van der Waals surface area contributed by atoms with Gasteiger partial charge < -0.3 is 10.3 Å². The van der Waals surface area contributed by atoms with Gasteiger partial charge in [0.1, 0.15) is 5.39 Å². The second-order valence-corrected chi connectivity index (χ2v) is 6.68. The smallest absolute Gasteiger partial charge is 0.262 e. The van der Waals surface area contributed by atoms with Crippen LogP contribution in [0.25, 0.3) is 16.7 Å². The molecule has 2 aromatic heterocycles. The number of carbonyl (C=O) groups is 1. The van der Waals surface area contributed by atoms with Crippen LogP contribution in [0.5, 0.6) is 0 Å². The summed E-state index contributed by atoms with van der Waals surface area (Å²) in [4.78, 5) is 31.1. The molecule has 7 nitrogen and oxygen atoms in total. The van der Waals surface area contributed by atoms with Gasteiger partial charge in [0, 0.05) is 11.6 Å². The number of aromatic amines is 1. The Bertz CT molecular complexity index is 951. The normalized spacial score (nSPS) is 11.0. The predicted octanol–water partition coefficient (Wildman–Crippen LogP) is 2.38. The van der Waals surface area contributed by atoms with Crippen LogP contribution in [0, 0.1) is 0 Å². The van der Waals surface area contributed by atoms with E-state index in [1.54, 1.807) is 28.9 Å². The first-order valence-corrected chi connectivity index (χ1v) is 9.08. The van der Waals surface area contributed by atoms with Gasteiger partial charge in [-0.05, 0) is 30.7 Å². The molecule has 1 aromatic carbocycles. The Morgan fingerprint density at radius 1 is 1.36 bits per heavy atom. The van der Waals surface area contributed by atoms with Crippen LogP contribution in [0.2, 0.25) is 5.02 Å². The first-order chi connectivity index (χ1) is 12.1. The standard InChI is InChI=1S/C16H16ClN5O2S/c1-2-7-18-13(23)9-25-16-20-14-12(15(24)21-16)8-19-22(14)11-5-3-10(17)4-6-11/h3-6,8H,2,7,9H2,1H3,(H,18,23)(H,20,21,24). The highest BCUT2D eigenvalue weighted by Crippen LogP contribution is 2.19. The molecular formula is C16H16ClN5O2S. The third kappa shape index (κ3) is 4.02. The Morgan fingerprint density at radius 2 is 2.12 bits per heavy atom. The summed E-state index contributed by atoms with van der Waals surface area (Å²) < 4.78 is 1.57. The fourth-order valence-corrected chi connectivity index (χ4v) is 3.00. The SMILES string of the molecule is CCCNC(=O)CSc1nc2c(cnn2-c2ccc(Cl)cc2)c(=O)[nH]1. The van der Waals surface area contributed by atoms with E-state index in [1.165, 1.54) is 18.0 Å². The number of fused-ring (bicyclic) bond motifs is 1. The predicted molar refractivity (Wildman–Crippen MR) is 98.5 cm³/mol. The fraction of sp³-hybridized carbons (Fsp3) is 0.250. The number of hydrogen-bond donors (Lipinski definition) is 2. The minimum atomic E-state index is -0.290. The van der Waals surface area contributed by atoms with E-state index in [0.717, 1.165) is 12.1 Å². The topological polar surface area (TPSA) is 92.7 Å². The van der Waals surface area contributed by atoms with Crippen LogP contribution in [0.15, 0.2) is 40.4 Å². The lowest BCUT2D eigenvalue weighted by atomic mass is 10.3. The van der Waals surface area contributed by atoms with Crippen molar-refractivity contribution in [3.63, 3.8) is 0 Å². The van der Waals surface area contributed by atoms with Crippen molar-refractivity contribution in [3.05, 3.63) is 45.8 Å². The third-order valence-electron chi connectivity index (χ3n) is 3.40. The Morgan fingerprint density at radius 3 is 2.84 bits per heavy atom. The van der Waals surface area contributed by atoms with Crippen LogP contribution in [0.3, 0.4) is 0 Å². The number of H-pyrrole nitrogens is 1. The van der Waals surface area contributed by atoms with Gasteiger partial charge in [-0.3, -0.25) is 9.59 Å². The van der Waals surface area contributed by atoms with E-state index < -0.39 is 0 Å². The largest absolute Gasteiger partial charge is 0.355 e. The molecule has 0 aliphatic heterocycles. The molecule has 2 heterocycles. The lowest BCUT2D eigenvalue weighted by molar-refractivity contribution is -0.118. The van der Waals surface area contributed by atoms with Crippen molar-refractivity contribution >= 4 is 40.3 Å². The number of halogens is 1. The van der Waals surface area contributed by atoms with E-state index in [-0.39, 0.29) is 17.2 Å². The Labute approximate surface area is 152 Å². The van der Waals surface area contributed by atoms with Gasteiger partial charge in [-0.15, -0.1) is 0 Å². The van der Waals surface area contributed by atoms with Crippen molar-refractivity contribution in [2.45, 2.75) is 18.5 Å². The van der Waals surface area contributed by atoms with Gasteiger partial charge in [0.05, 0.1) is 17.6 Å². The molecule has 1 amide bonds. The molecule has 0 spiro atoms. The first kappa shape index (κ1) is 17.5. The zero-order chi connectivity index (χ0) is 17.8. The van der Waals surface area contributed by atoms with E-state index >= 15 is 0 Å². The van der Waals surface area contributed by atoms with E-state index in [4.69, 9.17) is 11.6 Å². The zero-order valence-electron chi connectivity index (χ0n) is 13.5. The van der Waals surface area contributed by atoms with E-state index in [2.05, 4.69) is 20.4 Å². The molecule has 0 bridgehead atoms. The molecule has 3 rings (SSSR count). The lowest BCUT2D eigenvalue weighted by Crippen LogP contribution is -2.25. The van der Waals surface area contributed by atoms with Gasteiger partial charge in [0.25, 0.3) is 5.56 Å². The summed E-state index contributed by atoms with van der Waals surface area (Å²) in [6, 6.07) is 7.07. The fourth-order valence-electron chi connectivity index (χ4n) is 2.19. The van der Waals surface area contributed by atoms with Crippen LogP contribution >= 0.6 is 23.4 Å². The van der Waals surface area contributed by atoms with Gasteiger partial charge in [0.2, 0.25) is 5.91 Å². The summed E-state index contributed by atoms with van der Waals surface area (Å²) in [5.41, 5.74) is 0.887. The molecule has 3 aromatic rings. The van der Waals surface area contributed by atoms with Crippen LogP contribution < -0.4 is 10.9 Å². The maximum atomic E-state index is 12.2. The van der Waals surface area contributed by atoms with Gasteiger partial charge in [-0.1, -0.05) is 30.3 Å². The highest BCUT2D eigenvalue weighted by Gasteiger charge is 2.12. The maximum absolute atomic E-state index is 12.2. The van der Waals surface area contributed by atoms with E-state index in [0.29, 0.717) is 27.8 Å². The lowest BCUT2D eigenvalue weighted by Gasteiger charge is -2.05. The van der Waals surface area contributed by atoms with Crippen LogP contribution in [0.4, 0.5) is 0 Å². The zero-order valence-corrected chi connectivity index (χ0v) is 15.0. The number of nitrogens with one attached hydrogen (secondary N) is 2. The van der Waals surface area contributed by atoms with Crippen molar-refractivity contribution in [2.75, 3.05) is 12.3 Å². The van der Waals surface area contributed by atoms with Crippen LogP contribution in [-0.2, 0) is 4.79 Å². The van der Waals surface area contributed by atoms with E-state index in [1.807, 2.05) is 6.92 Å². The number of benzene rings is 1. The molecule has 0 saturated heterocycles. The summed E-state index contributed by atoms with van der Waals surface area (Å²) in [5.74, 6) is 0.0876. The van der Waals surface area contributed by atoms with Crippen molar-refractivity contribution in [1.29, 1.82) is 0 Å². The first-order valence-electron chi connectivity index (χ1n) is 7.72. The summed E-state index contributed by atoms with van der Waals surface area (Å²) in [7, 11) is 0. The summed E-state index contributed by atoms with van der Waals surface area (Å²) in [6.07, 6.45) is 2.34. The Kier molecular flexibility index (Phi) is 5.40. The van der Waals surface area contributed by atoms with Crippen molar-refractivity contribution in [3.8, 4) is 5.69 Å². The molecule has 0 atom stereocenters. The van der Waals surface area contributed by atoms with Gasteiger partial charge in [-0.25, -0.2) is 9.67 Å². The monoisotopic (exact) mass is 377 g/mol.